The summed E-state index contributed by atoms with van der Waals surface area (Å²) in [5.41, 5.74) is -3.37. The number of rotatable bonds is 4. The second-order valence-electron chi connectivity index (χ2n) is 11.8. The maximum Gasteiger partial charge on any atom is 0.200 e. The van der Waals surface area contributed by atoms with Crippen LogP contribution in [0.25, 0.3) is 4.91 Å². The Morgan fingerprint density at radius 1 is 0.556 bits per heavy atom. The first kappa shape index (κ1) is 32.5. The fraction of sp³-hybridized carbons (Fsp3) is 0.152. The van der Waals surface area contributed by atoms with Gasteiger partial charge in [-0.2, -0.15) is 5.98 Å². The predicted octanol–water partition coefficient (Wildman–Crippen LogP) is 8.69. The maximum absolute atomic E-state index is 16.0. The predicted molar refractivity (Wildman–Crippen MR) is 156 cm³/mol. The van der Waals surface area contributed by atoms with E-state index in [9.17, 15) is 26.3 Å². The molecule has 12 heteroatoms. The van der Waals surface area contributed by atoms with E-state index in [0.717, 1.165) is 11.5 Å². The van der Waals surface area contributed by atoms with E-state index in [4.69, 9.17) is 0 Å². The van der Waals surface area contributed by atoms with Crippen molar-refractivity contribution in [3.05, 3.63) is 141 Å². The third kappa shape index (κ3) is 5.16. The third-order valence-corrected chi connectivity index (χ3v) is 10.1. The van der Waals surface area contributed by atoms with Crippen LogP contribution in [0.4, 0.5) is 43.9 Å². The summed E-state index contributed by atoms with van der Waals surface area (Å²) in [7, 11) is -1.61. The van der Waals surface area contributed by atoms with Gasteiger partial charge >= 0.3 is 0 Å². The Hall–Kier alpha value is -3.93. The normalized spacial score (nSPS) is 17.2. The summed E-state index contributed by atoms with van der Waals surface area (Å²) in [6.07, 6.45) is -2.94. The number of hydrogen-bond donors (Lipinski definition) is 0. The van der Waals surface area contributed by atoms with Crippen molar-refractivity contribution in [2.75, 3.05) is 0 Å². The smallest absolute Gasteiger partial charge is 0.200 e. The minimum absolute atomic E-state index is 0.114. The topological polar surface area (TPSA) is 0 Å². The van der Waals surface area contributed by atoms with E-state index in [1.54, 1.807) is 70.2 Å². The lowest BCUT2D eigenvalue weighted by Gasteiger charge is -2.37. The van der Waals surface area contributed by atoms with Gasteiger partial charge in [0.15, 0.2) is 45.9 Å². The fourth-order valence-corrected chi connectivity index (χ4v) is 8.75. The van der Waals surface area contributed by atoms with Crippen LogP contribution in [-0.2, 0) is 10.9 Å². The summed E-state index contributed by atoms with van der Waals surface area (Å²) in [5.74, 6) is -23.8. The van der Waals surface area contributed by atoms with Gasteiger partial charge in [-0.05, 0) is 29.3 Å². The maximum atomic E-state index is 16.0. The van der Waals surface area contributed by atoms with Crippen molar-refractivity contribution in [2.45, 2.75) is 32.6 Å². The van der Waals surface area contributed by atoms with Gasteiger partial charge in [0.25, 0.3) is 0 Å². The van der Waals surface area contributed by atoms with Crippen LogP contribution in [0.15, 0.2) is 76.3 Å². The van der Waals surface area contributed by atoms with Crippen LogP contribution in [0.3, 0.4) is 0 Å². The SMILES string of the molecule is Cc1ccc([S+]2C(c3ccccc3)=C[B-](c3c(F)c(F)c(F)c(F)c3F)(c3c(F)c(F)c(F)c(F)c3F)/C2=C\C(C)(C)C)cc1. The molecule has 0 spiro atoms. The lowest BCUT2D eigenvalue weighted by molar-refractivity contribution is 0.382. The molecular formula is C33H23BF10S. The summed E-state index contributed by atoms with van der Waals surface area (Å²) < 4.78 is 152. The van der Waals surface area contributed by atoms with Crippen molar-refractivity contribution in [2.24, 2.45) is 5.41 Å². The zero-order valence-corrected chi connectivity index (χ0v) is 24.9. The first-order valence-corrected chi connectivity index (χ1v) is 14.8. The van der Waals surface area contributed by atoms with E-state index in [1.165, 1.54) is 18.2 Å². The van der Waals surface area contributed by atoms with Crippen LogP contribution < -0.4 is 10.9 Å². The summed E-state index contributed by atoms with van der Waals surface area (Å²) >= 11 is 0. The van der Waals surface area contributed by atoms with Crippen molar-refractivity contribution in [3.63, 3.8) is 0 Å². The first-order chi connectivity index (χ1) is 21.0. The van der Waals surface area contributed by atoms with Crippen LogP contribution in [0, 0.1) is 70.5 Å². The minimum atomic E-state index is -4.27. The van der Waals surface area contributed by atoms with E-state index < -0.39 is 91.6 Å². The van der Waals surface area contributed by atoms with Gasteiger partial charge in [-0.3, -0.25) is 0 Å². The molecule has 1 aliphatic rings. The number of benzene rings is 4. The van der Waals surface area contributed by atoms with Crippen LogP contribution in [0.2, 0.25) is 0 Å². The minimum Gasteiger partial charge on any atom is -0.207 e. The lowest BCUT2D eigenvalue weighted by atomic mass is 9.17. The highest BCUT2D eigenvalue weighted by Crippen LogP contribution is 2.49. The molecule has 0 radical (unpaired) electrons. The lowest BCUT2D eigenvalue weighted by Crippen LogP contribution is -2.64. The van der Waals surface area contributed by atoms with Gasteiger partial charge in [0.05, 0.1) is 10.9 Å². The molecule has 0 N–H and O–H groups in total. The molecule has 45 heavy (non-hydrogen) atoms. The molecule has 1 heterocycles. The van der Waals surface area contributed by atoms with Crippen molar-refractivity contribution < 1.29 is 43.9 Å². The molecule has 1 atom stereocenters. The zero-order valence-electron chi connectivity index (χ0n) is 24.1. The van der Waals surface area contributed by atoms with E-state index in [-0.39, 0.29) is 9.71 Å². The molecule has 0 saturated heterocycles. The molecule has 1 unspecified atom stereocenters. The Bertz CT molecular complexity index is 1770. The number of halogens is 10. The van der Waals surface area contributed by atoms with Gasteiger partial charge < -0.3 is 0 Å². The van der Waals surface area contributed by atoms with Gasteiger partial charge in [-0.15, -0.1) is 10.9 Å². The summed E-state index contributed by atoms with van der Waals surface area (Å²) in [5, 5.41) is 0. The third-order valence-electron chi connectivity index (χ3n) is 7.59. The van der Waals surface area contributed by atoms with Gasteiger partial charge in [0.1, 0.15) is 28.2 Å². The molecular weight excluding hydrogens is 629 g/mol. The number of allylic oxidation sites excluding steroid dienone is 1. The van der Waals surface area contributed by atoms with Crippen molar-refractivity contribution >= 4 is 32.9 Å². The Morgan fingerprint density at radius 2 is 0.956 bits per heavy atom. The van der Waals surface area contributed by atoms with Crippen molar-refractivity contribution in [1.29, 1.82) is 0 Å². The van der Waals surface area contributed by atoms with Gasteiger partial charge in [-0.25, -0.2) is 43.9 Å². The number of aryl methyl sites for hydroxylation is 1. The fourth-order valence-electron chi connectivity index (χ4n) is 5.70. The standard InChI is InChI=1S/C33H23BF10S/c1-16-10-12-18(13-11-16)45-19(17-8-6-5-7-9-17)15-34(20(45)14-33(2,3)4,21-23(35)27(39)31(43)28(40)24(21)36)22-25(37)29(41)32(44)30(42)26(22)38/h5-15H,1-4H3/b20-14+. The highest BCUT2D eigenvalue weighted by atomic mass is 32.2. The summed E-state index contributed by atoms with van der Waals surface area (Å²) in [6, 6.07) is 14.4. The average molecular weight is 652 g/mol. The molecule has 0 nitrogen and oxygen atoms in total. The van der Waals surface area contributed by atoms with Crippen LogP contribution in [0.5, 0.6) is 0 Å². The second kappa shape index (κ2) is 11.5. The van der Waals surface area contributed by atoms with Crippen LogP contribution in [0.1, 0.15) is 31.9 Å². The molecule has 0 bridgehead atoms. The molecule has 0 fully saturated rings. The van der Waals surface area contributed by atoms with Crippen LogP contribution in [-0.4, -0.2) is 6.15 Å². The van der Waals surface area contributed by atoms with Gasteiger partial charge in [0, 0.05) is 5.56 Å². The average Bonchev–Trinajstić information content (AvgIpc) is 3.31. The Kier molecular flexibility index (Phi) is 8.27. The van der Waals surface area contributed by atoms with E-state index in [0.29, 0.717) is 10.5 Å². The number of hydrogen-bond acceptors (Lipinski definition) is 0. The monoisotopic (exact) mass is 652 g/mol. The molecule has 0 saturated carbocycles. The molecule has 0 aromatic heterocycles. The van der Waals surface area contributed by atoms with Gasteiger partial charge in [-0.1, -0.05) is 74.9 Å². The van der Waals surface area contributed by atoms with Gasteiger partial charge in [0.2, 0.25) is 0 Å². The van der Waals surface area contributed by atoms with E-state index >= 15 is 17.6 Å². The summed E-state index contributed by atoms with van der Waals surface area (Å²) in [4.78, 5) is 0.210. The quantitative estimate of drug-likeness (QED) is 0.0681. The van der Waals surface area contributed by atoms with Crippen LogP contribution >= 0.6 is 0 Å². The largest absolute Gasteiger partial charge is 0.207 e. The first-order valence-electron chi connectivity index (χ1n) is 13.5. The molecule has 0 aliphatic carbocycles. The zero-order chi connectivity index (χ0) is 33.2. The molecule has 234 valence electrons. The second-order valence-corrected chi connectivity index (χ2v) is 13.8. The molecule has 5 rings (SSSR count). The van der Waals surface area contributed by atoms with E-state index in [1.807, 2.05) is 0 Å². The Labute approximate surface area is 255 Å². The van der Waals surface area contributed by atoms with E-state index in [2.05, 4.69) is 0 Å². The molecule has 4 aromatic carbocycles. The molecule has 0 amide bonds. The highest BCUT2D eigenvalue weighted by Gasteiger charge is 2.56. The Morgan fingerprint density at radius 3 is 1.36 bits per heavy atom. The van der Waals surface area contributed by atoms with Crippen molar-refractivity contribution in [3.8, 4) is 0 Å². The molecule has 4 aromatic rings. The highest BCUT2D eigenvalue weighted by molar-refractivity contribution is 8.12. The van der Waals surface area contributed by atoms with Crippen molar-refractivity contribution in [1.82, 2.24) is 0 Å². The summed E-state index contributed by atoms with van der Waals surface area (Å²) in [6.45, 7) is 6.54. The Balaban J connectivity index is 2.13. The molecule has 1 aliphatic heterocycles.